The second-order valence-electron chi connectivity index (χ2n) is 7.17. The first-order chi connectivity index (χ1) is 13.9. The molecule has 0 bridgehead atoms. The number of hydrogen-bond acceptors (Lipinski definition) is 4. The van der Waals surface area contributed by atoms with Crippen molar-refractivity contribution in [3.63, 3.8) is 0 Å². The van der Waals surface area contributed by atoms with Gasteiger partial charge in [-0.15, -0.1) is 0 Å². The normalized spacial score (nSPS) is 11.7. The number of likely N-dealkylation sites (N-methyl/N-ethyl adjacent to an activating group) is 1. The SMILES string of the molecule is COC(=O)C(Cc1ccc(-c2ncc[nH]2)cc1)N(C)C(=O)c1cc(C)cc(C)c1. The van der Waals surface area contributed by atoms with Crippen molar-refractivity contribution in [3.05, 3.63) is 77.1 Å². The lowest BCUT2D eigenvalue weighted by Crippen LogP contribution is -2.44. The van der Waals surface area contributed by atoms with Crippen molar-refractivity contribution in [3.8, 4) is 11.4 Å². The summed E-state index contributed by atoms with van der Waals surface area (Å²) < 4.78 is 4.97. The number of imidazole rings is 1. The average Bonchev–Trinajstić information content (AvgIpc) is 3.25. The number of methoxy groups -OCH3 is 1. The van der Waals surface area contributed by atoms with Gasteiger partial charge < -0.3 is 14.6 Å². The lowest BCUT2D eigenvalue weighted by Gasteiger charge is -2.26. The molecule has 6 nitrogen and oxygen atoms in total. The number of carbonyl (C=O) groups is 2. The van der Waals surface area contributed by atoms with E-state index in [9.17, 15) is 9.59 Å². The predicted octanol–water partition coefficient (Wildman–Crippen LogP) is 3.55. The first kappa shape index (κ1) is 20.3. The van der Waals surface area contributed by atoms with Crippen molar-refractivity contribution in [1.29, 1.82) is 0 Å². The fourth-order valence-electron chi connectivity index (χ4n) is 3.40. The van der Waals surface area contributed by atoms with Crippen molar-refractivity contribution in [2.75, 3.05) is 14.2 Å². The van der Waals surface area contributed by atoms with Crippen LogP contribution in [0.25, 0.3) is 11.4 Å². The summed E-state index contributed by atoms with van der Waals surface area (Å²) in [4.78, 5) is 34.2. The number of ether oxygens (including phenoxy) is 1. The molecule has 0 spiro atoms. The predicted molar refractivity (Wildman–Crippen MR) is 112 cm³/mol. The van der Waals surface area contributed by atoms with Crippen LogP contribution in [0, 0.1) is 13.8 Å². The summed E-state index contributed by atoms with van der Waals surface area (Å²) in [5.41, 5.74) is 4.45. The van der Waals surface area contributed by atoms with Crippen molar-refractivity contribution in [1.82, 2.24) is 14.9 Å². The molecule has 0 saturated carbocycles. The summed E-state index contributed by atoms with van der Waals surface area (Å²) in [5, 5.41) is 0. The number of hydrogen-bond donors (Lipinski definition) is 1. The molecule has 6 heteroatoms. The number of benzene rings is 2. The quantitative estimate of drug-likeness (QED) is 0.652. The van der Waals surface area contributed by atoms with Crippen LogP contribution in [0.2, 0.25) is 0 Å². The van der Waals surface area contributed by atoms with Crippen LogP contribution in [0.4, 0.5) is 0 Å². The molecule has 1 heterocycles. The van der Waals surface area contributed by atoms with Crippen LogP contribution in [0.15, 0.2) is 54.9 Å². The van der Waals surface area contributed by atoms with Crippen LogP contribution >= 0.6 is 0 Å². The van der Waals surface area contributed by atoms with Gasteiger partial charge in [0.05, 0.1) is 7.11 Å². The number of aryl methyl sites for hydroxylation is 2. The van der Waals surface area contributed by atoms with Crippen LogP contribution in [0.1, 0.15) is 27.0 Å². The van der Waals surface area contributed by atoms with Gasteiger partial charge in [-0.1, -0.05) is 41.5 Å². The van der Waals surface area contributed by atoms with Gasteiger partial charge in [-0.2, -0.15) is 0 Å². The lowest BCUT2D eigenvalue weighted by molar-refractivity contribution is -0.145. The number of aromatic nitrogens is 2. The molecular formula is C23H25N3O3. The molecule has 3 aromatic rings. The van der Waals surface area contributed by atoms with Gasteiger partial charge in [-0.3, -0.25) is 4.79 Å². The van der Waals surface area contributed by atoms with Crippen LogP contribution in [-0.4, -0.2) is 46.9 Å². The molecule has 0 aliphatic carbocycles. The molecule has 0 aliphatic heterocycles. The van der Waals surface area contributed by atoms with Gasteiger partial charge in [-0.25, -0.2) is 9.78 Å². The Balaban J connectivity index is 1.82. The number of amides is 1. The molecule has 1 N–H and O–H groups in total. The highest BCUT2D eigenvalue weighted by atomic mass is 16.5. The molecule has 3 rings (SSSR count). The molecule has 0 radical (unpaired) electrons. The van der Waals surface area contributed by atoms with Gasteiger partial charge in [0.15, 0.2) is 0 Å². The second kappa shape index (κ2) is 8.73. The highest BCUT2D eigenvalue weighted by Crippen LogP contribution is 2.19. The van der Waals surface area contributed by atoms with Gasteiger partial charge in [0.2, 0.25) is 0 Å². The Bertz CT molecular complexity index is 974. The Kier molecular flexibility index (Phi) is 6.12. The third kappa shape index (κ3) is 4.71. The van der Waals surface area contributed by atoms with Crippen LogP contribution in [0.5, 0.6) is 0 Å². The minimum atomic E-state index is -0.720. The van der Waals surface area contributed by atoms with Gasteiger partial charge in [0.25, 0.3) is 5.91 Å². The average molecular weight is 391 g/mol. The van der Waals surface area contributed by atoms with E-state index < -0.39 is 12.0 Å². The first-order valence-corrected chi connectivity index (χ1v) is 9.41. The monoisotopic (exact) mass is 391 g/mol. The number of nitrogens with one attached hydrogen (secondary N) is 1. The molecule has 1 amide bonds. The summed E-state index contributed by atoms with van der Waals surface area (Å²) in [6, 6.07) is 12.7. The minimum Gasteiger partial charge on any atom is -0.467 e. The van der Waals surface area contributed by atoms with Crippen LogP contribution in [0.3, 0.4) is 0 Å². The van der Waals surface area contributed by atoms with Crippen molar-refractivity contribution < 1.29 is 14.3 Å². The van der Waals surface area contributed by atoms with E-state index in [-0.39, 0.29) is 5.91 Å². The Morgan fingerprint density at radius 2 is 1.76 bits per heavy atom. The topological polar surface area (TPSA) is 75.3 Å². The molecule has 1 unspecified atom stereocenters. The summed E-state index contributed by atoms with van der Waals surface area (Å²) in [7, 11) is 2.98. The molecule has 0 aliphatic rings. The third-order valence-corrected chi connectivity index (χ3v) is 4.88. The number of aromatic amines is 1. The molecule has 1 aromatic heterocycles. The minimum absolute atomic E-state index is 0.209. The summed E-state index contributed by atoms with van der Waals surface area (Å²) in [5.74, 6) is 0.128. The van der Waals surface area contributed by atoms with Crippen molar-refractivity contribution >= 4 is 11.9 Å². The number of carbonyl (C=O) groups excluding carboxylic acids is 2. The van der Waals surface area contributed by atoms with Gasteiger partial charge in [0.1, 0.15) is 11.9 Å². The fraction of sp³-hybridized carbons (Fsp3) is 0.261. The maximum atomic E-state index is 13.0. The van der Waals surface area contributed by atoms with E-state index in [4.69, 9.17) is 4.74 Å². The van der Waals surface area contributed by atoms with E-state index in [2.05, 4.69) is 9.97 Å². The summed E-state index contributed by atoms with van der Waals surface area (Å²) in [6.45, 7) is 3.89. The number of rotatable bonds is 6. The Morgan fingerprint density at radius 3 is 2.31 bits per heavy atom. The van der Waals surface area contributed by atoms with Gasteiger partial charge >= 0.3 is 5.97 Å². The molecular weight excluding hydrogens is 366 g/mol. The summed E-state index contributed by atoms with van der Waals surface area (Å²) >= 11 is 0. The van der Waals surface area contributed by atoms with Gasteiger partial charge in [0, 0.05) is 37.0 Å². The molecule has 1 atom stereocenters. The molecule has 0 fully saturated rings. The van der Waals surface area contributed by atoms with Gasteiger partial charge in [-0.05, 0) is 31.5 Å². The molecule has 2 aromatic carbocycles. The van der Waals surface area contributed by atoms with E-state index in [1.54, 1.807) is 19.4 Å². The van der Waals surface area contributed by atoms with E-state index in [1.807, 2.05) is 56.3 Å². The third-order valence-electron chi connectivity index (χ3n) is 4.88. The zero-order valence-electron chi connectivity index (χ0n) is 17.1. The first-order valence-electron chi connectivity index (χ1n) is 9.41. The second-order valence-corrected chi connectivity index (χ2v) is 7.17. The molecule has 29 heavy (non-hydrogen) atoms. The zero-order valence-corrected chi connectivity index (χ0v) is 17.1. The van der Waals surface area contributed by atoms with E-state index in [1.165, 1.54) is 12.0 Å². The Labute approximate surface area is 170 Å². The Morgan fingerprint density at radius 1 is 1.10 bits per heavy atom. The number of nitrogens with zero attached hydrogens (tertiary/aromatic N) is 2. The molecule has 0 saturated heterocycles. The van der Waals surface area contributed by atoms with Crippen molar-refractivity contribution in [2.24, 2.45) is 0 Å². The lowest BCUT2D eigenvalue weighted by atomic mass is 10.0. The van der Waals surface area contributed by atoms with E-state index in [0.29, 0.717) is 12.0 Å². The Hall–Kier alpha value is -3.41. The maximum Gasteiger partial charge on any atom is 0.328 e. The van der Waals surface area contributed by atoms with Crippen LogP contribution in [-0.2, 0) is 16.0 Å². The highest BCUT2D eigenvalue weighted by molar-refractivity contribution is 5.97. The van der Waals surface area contributed by atoms with Crippen molar-refractivity contribution in [2.45, 2.75) is 26.3 Å². The standard InChI is InChI=1S/C23H25N3O3/c1-15-11-16(2)13-19(12-15)22(27)26(3)20(23(28)29-4)14-17-5-7-18(8-6-17)21-24-9-10-25-21/h5-13,20H,14H2,1-4H3,(H,24,25). The summed E-state index contributed by atoms with van der Waals surface area (Å²) in [6.07, 6.45) is 3.83. The van der Waals surface area contributed by atoms with Crippen LogP contribution < -0.4 is 0 Å². The highest BCUT2D eigenvalue weighted by Gasteiger charge is 2.29. The maximum absolute atomic E-state index is 13.0. The number of esters is 1. The smallest absolute Gasteiger partial charge is 0.328 e. The fourth-order valence-corrected chi connectivity index (χ4v) is 3.40. The molecule has 150 valence electrons. The zero-order chi connectivity index (χ0) is 21.0. The van der Waals surface area contributed by atoms with E-state index >= 15 is 0 Å². The van der Waals surface area contributed by atoms with E-state index in [0.717, 1.165) is 28.1 Å². The number of H-pyrrole nitrogens is 1. The largest absolute Gasteiger partial charge is 0.467 e.